The van der Waals surface area contributed by atoms with Gasteiger partial charge in [0.1, 0.15) is 5.01 Å². The largest absolute Gasteiger partial charge is 0.480 e. The first-order valence-corrected chi connectivity index (χ1v) is 7.61. The van der Waals surface area contributed by atoms with Gasteiger partial charge in [-0.25, -0.2) is 4.98 Å². The monoisotopic (exact) mass is 305 g/mol. The molecule has 1 aromatic heterocycles. The van der Waals surface area contributed by atoms with Crippen molar-refractivity contribution >= 4 is 17.3 Å². The third kappa shape index (κ3) is 4.35. The standard InChI is InChI=1S/C15H19N3O2S/c1-18(9-14(19)20)8-11-4-2-3-5-13(11)15-17-12(6-7-16)10-21-15/h2-5,10H,6-9,16H2,1H3,(H,19,20). The van der Waals surface area contributed by atoms with Crippen LogP contribution in [0.2, 0.25) is 0 Å². The number of carboxylic acid groups (broad SMARTS) is 1. The molecule has 0 aliphatic heterocycles. The highest BCUT2D eigenvalue weighted by molar-refractivity contribution is 7.13. The number of aromatic nitrogens is 1. The van der Waals surface area contributed by atoms with Gasteiger partial charge in [-0.15, -0.1) is 11.3 Å². The van der Waals surface area contributed by atoms with E-state index in [1.165, 1.54) is 0 Å². The number of nitrogens with two attached hydrogens (primary N) is 1. The van der Waals surface area contributed by atoms with Crippen molar-refractivity contribution in [1.29, 1.82) is 0 Å². The van der Waals surface area contributed by atoms with Crippen molar-refractivity contribution in [3.8, 4) is 10.6 Å². The van der Waals surface area contributed by atoms with Crippen molar-refractivity contribution in [3.63, 3.8) is 0 Å². The first kappa shape index (κ1) is 15.6. The summed E-state index contributed by atoms with van der Waals surface area (Å²) in [6, 6.07) is 7.97. The molecule has 3 N–H and O–H groups in total. The summed E-state index contributed by atoms with van der Waals surface area (Å²) >= 11 is 1.60. The highest BCUT2D eigenvalue weighted by atomic mass is 32.1. The minimum Gasteiger partial charge on any atom is -0.480 e. The highest BCUT2D eigenvalue weighted by Crippen LogP contribution is 2.27. The molecule has 0 bridgehead atoms. The van der Waals surface area contributed by atoms with Gasteiger partial charge in [0.25, 0.3) is 0 Å². The van der Waals surface area contributed by atoms with E-state index in [1.54, 1.807) is 23.3 Å². The molecule has 0 fully saturated rings. The van der Waals surface area contributed by atoms with Gasteiger partial charge in [0.2, 0.25) is 0 Å². The molecule has 2 rings (SSSR count). The molecule has 5 nitrogen and oxygen atoms in total. The molecule has 1 aromatic carbocycles. The molecule has 2 aromatic rings. The zero-order valence-corrected chi connectivity index (χ0v) is 12.8. The van der Waals surface area contributed by atoms with Crippen molar-refractivity contribution in [1.82, 2.24) is 9.88 Å². The lowest BCUT2D eigenvalue weighted by Gasteiger charge is -2.16. The number of rotatable bonds is 7. The second kappa shape index (κ2) is 7.31. The number of nitrogens with zero attached hydrogens (tertiary/aromatic N) is 2. The van der Waals surface area contributed by atoms with Crippen molar-refractivity contribution in [2.24, 2.45) is 5.73 Å². The molecule has 112 valence electrons. The summed E-state index contributed by atoms with van der Waals surface area (Å²) in [6.45, 7) is 1.19. The molecule has 0 unspecified atom stereocenters. The normalized spacial score (nSPS) is 11.0. The minimum atomic E-state index is -0.825. The van der Waals surface area contributed by atoms with Gasteiger partial charge in [-0.1, -0.05) is 24.3 Å². The predicted octanol–water partition coefficient (Wildman–Crippen LogP) is 1.83. The lowest BCUT2D eigenvalue weighted by molar-refractivity contribution is -0.138. The Bertz CT molecular complexity index is 612. The van der Waals surface area contributed by atoms with E-state index < -0.39 is 5.97 Å². The Balaban J connectivity index is 2.21. The van der Waals surface area contributed by atoms with Gasteiger partial charge in [-0.2, -0.15) is 0 Å². The SMILES string of the molecule is CN(CC(=O)O)Cc1ccccc1-c1nc(CCN)cs1. The Hall–Kier alpha value is -1.76. The molecule has 0 amide bonds. The zero-order valence-electron chi connectivity index (χ0n) is 12.0. The van der Waals surface area contributed by atoms with Gasteiger partial charge in [0.05, 0.1) is 12.2 Å². The van der Waals surface area contributed by atoms with Crippen LogP contribution >= 0.6 is 11.3 Å². The summed E-state index contributed by atoms with van der Waals surface area (Å²) < 4.78 is 0. The lowest BCUT2D eigenvalue weighted by Crippen LogP contribution is -2.25. The highest BCUT2D eigenvalue weighted by Gasteiger charge is 2.12. The maximum Gasteiger partial charge on any atom is 0.317 e. The van der Waals surface area contributed by atoms with E-state index in [0.717, 1.165) is 28.2 Å². The van der Waals surface area contributed by atoms with Crippen LogP contribution in [0.1, 0.15) is 11.3 Å². The van der Waals surface area contributed by atoms with Gasteiger partial charge in [0.15, 0.2) is 0 Å². The summed E-state index contributed by atoms with van der Waals surface area (Å²) in [5.41, 5.74) is 8.70. The molecule has 1 heterocycles. The molecule has 0 spiro atoms. The van der Waals surface area contributed by atoms with Crippen molar-refractivity contribution in [2.75, 3.05) is 20.1 Å². The molecule has 0 aliphatic rings. The van der Waals surface area contributed by atoms with Gasteiger partial charge in [0, 0.05) is 23.9 Å². The third-order valence-corrected chi connectivity index (χ3v) is 3.97. The van der Waals surface area contributed by atoms with Crippen LogP contribution in [-0.4, -0.2) is 41.1 Å². The number of hydrogen-bond donors (Lipinski definition) is 2. The minimum absolute atomic E-state index is 0.0185. The smallest absolute Gasteiger partial charge is 0.317 e. The summed E-state index contributed by atoms with van der Waals surface area (Å²) in [5, 5.41) is 11.8. The van der Waals surface area contributed by atoms with Gasteiger partial charge in [-0.05, 0) is 19.2 Å². The van der Waals surface area contributed by atoms with E-state index in [9.17, 15) is 4.79 Å². The molecule has 6 heteroatoms. The van der Waals surface area contributed by atoms with Crippen LogP contribution in [-0.2, 0) is 17.8 Å². The maximum atomic E-state index is 10.8. The second-order valence-corrected chi connectivity index (χ2v) is 5.76. The number of carboxylic acids is 1. The fourth-order valence-corrected chi connectivity index (χ4v) is 3.05. The van der Waals surface area contributed by atoms with E-state index in [0.29, 0.717) is 13.1 Å². The first-order valence-electron chi connectivity index (χ1n) is 6.73. The molecule has 0 radical (unpaired) electrons. The summed E-state index contributed by atoms with van der Waals surface area (Å²) in [6.07, 6.45) is 0.775. The van der Waals surface area contributed by atoms with Crippen molar-refractivity contribution in [2.45, 2.75) is 13.0 Å². The zero-order chi connectivity index (χ0) is 15.2. The van der Waals surface area contributed by atoms with Crippen LogP contribution in [0.3, 0.4) is 0 Å². The molecular formula is C15H19N3O2S. The Morgan fingerprint density at radius 1 is 1.43 bits per heavy atom. The van der Waals surface area contributed by atoms with Gasteiger partial charge >= 0.3 is 5.97 Å². The van der Waals surface area contributed by atoms with Crippen LogP contribution in [0.15, 0.2) is 29.6 Å². The quantitative estimate of drug-likeness (QED) is 0.816. The lowest BCUT2D eigenvalue weighted by atomic mass is 10.1. The average Bonchev–Trinajstić information content (AvgIpc) is 2.87. The van der Waals surface area contributed by atoms with Crippen LogP contribution < -0.4 is 5.73 Å². The fraction of sp³-hybridized carbons (Fsp3) is 0.333. The van der Waals surface area contributed by atoms with Crippen LogP contribution in [0.5, 0.6) is 0 Å². The van der Waals surface area contributed by atoms with E-state index in [2.05, 4.69) is 4.98 Å². The van der Waals surface area contributed by atoms with E-state index in [4.69, 9.17) is 10.8 Å². The molecule has 21 heavy (non-hydrogen) atoms. The first-order chi connectivity index (χ1) is 10.1. The average molecular weight is 305 g/mol. The van der Waals surface area contributed by atoms with Gasteiger partial charge < -0.3 is 10.8 Å². The molecule has 0 saturated carbocycles. The Morgan fingerprint density at radius 3 is 2.90 bits per heavy atom. The molecule has 0 saturated heterocycles. The maximum absolute atomic E-state index is 10.8. The number of thiazole rings is 1. The summed E-state index contributed by atoms with van der Waals surface area (Å²) in [5.74, 6) is -0.825. The Morgan fingerprint density at radius 2 is 2.19 bits per heavy atom. The molecule has 0 aliphatic carbocycles. The Kier molecular flexibility index (Phi) is 5.44. The summed E-state index contributed by atoms with van der Waals surface area (Å²) in [7, 11) is 1.80. The van der Waals surface area contributed by atoms with Crippen LogP contribution in [0.25, 0.3) is 10.6 Å². The van der Waals surface area contributed by atoms with Crippen molar-refractivity contribution in [3.05, 3.63) is 40.9 Å². The number of aliphatic carboxylic acids is 1. The second-order valence-electron chi connectivity index (χ2n) is 4.91. The fourth-order valence-electron chi connectivity index (χ4n) is 2.14. The number of benzene rings is 1. The molecule has 0 atom stereocenters. The number of hydrogen-bond acceptors (Lipinski definition) is 5. The molecular weight excluding hydrogens is 286 g/mol. The van der Waals surface area contributed by atoms with Crippen LogP contribution in [0, 0.1) is 0 Å². The van der Waals surface area contributed by atoms with Crippen LogP contribution in [0.4, 0.5) is 0 Å². The number of carbonyl (C=O) groups is 1. The number of likely N-dealkylation sites (N-methyl/N-ethyl adjacent to an activating group) is 1. The van der Waals surface area contributed by atoms with E-state index in [-0.39, 0.29) is 6.54 Å². The van der Waals surface area contributed by atoms with E-state index in [1.807, 2.05) is 29.6 Å². The van der Waals surface area contributed by atoms with Crippen molar-refractivity contribution < 1.29 is 9.90 Å². The van der Waals surface area contributed by atoms with Gasteiger partial charge in [-0.3, -0.25) is 9.69 Å². The predicted molar refractivity (Wildman–Crippen MR) is 84.3 cm³/mol. The van der Waals surface area contributed by atoms with E-state index >= 15 is 0 Å². The topological polar surface area (TPSA) is 79.5 Å². The Labute approximate surface area is 128 Å². The third-order valence-electron chi connectivity index (χ3n) is 3.05. The summed E-state index contributed by atoms with van der Waals surface area (Å²) in [4.78, 5) is 17.1.